The summed E-state index contributed by atoms with van der Waals surface area (Å²) in [5.74, 6) is -1.60. The lowest BCUT2D eigenvalue weighted by Gasteiger charge is -2.23. The third-order valence-electron chi connectivity index (χ3n) is 4.63. The minimum atomic E-state index is -0.840. The Morgan fingerprint density at radius 2 is 1.96 bits per heavy atom. The number of rotatable bonds is 5. The fourth-order valence-electron chi connectivity index (χ4n) is 3.12. The highest BCUT2D eigenvalue weighted by atomic mass is 16.5. The van der Waals surface area contributed by atoms with Crippen LogP contribution in [0.25, 0.3) is 11.1 Å². The van der Waals surface area contributed by atoms with Crippen molar-refractivity contribution in [1.29, 1.82) is 0 Å². The summed E-state index contributed by atoms with van der Waals surface area (Å²) in [5, 5.41) is 2.36. The molecule has 1 atom stereocenters. The molecule has 0 saturated carbocycles. The Labute approximate surface area is 160 Å². The molecule has 2 amide bonds. The van der Waals surface area contributed by atoms with Gasteiger partial charge in [0.1, 0.15) is 11.7 Å². The quantitative estimate of drug-likeness (QED) is 0.597. The molecule has 1 aliphatic heterocycles. The van der Waals surface area contributed by atoms with Gasteiger partial charge in [0.15, 0.2) is 0 Å². The first-order chi connectivity index (χ1) is 13.3. The van der Waals surface area contributed by atoms with Crippen LogP contribution >= 0.6 is 0 Å². The maximum absolute atomic E-state index is 12.8. The summed E-state index contributed by atoms with van der Waals surface area (Å²) in [6, 6.07) is 7.62. The molecule has 0 aliphatic carbocycles. The molecular weight excluding hydrogens is 362 g/mol. The van der Waals surface area contributed by atoms with Crippen LogP contribution in [0.15, 0.2) is 53.6 Å². The van der Waals surface area contributed by atoms with Crippen molar-refractivity contribution in [1.82, 2.24) is 15.2 Å². The second-order valence-corrected chi connectivity index (χ2v) is 6.34. The summed E-state index contributed by atoms with van der Waals surface area (Å²) in [7, 11) is 1.18. The van der Waals surface area contributed by atoms with E-state index in [9.17, 15) is 19.2 Å². The van der Waals surface area contributed by atoms with Gasteiger partial charge < -0.3 is 19.9 Å². The van der Waals surface area contributed by atoms with Crippen molar-refractivity contribution in [3.05, 3.63) is 70.3 Å². The molecule has 3 rings (SSSR count). The topological polar surface area (TPSA) is 109 Å². The molecule has 1 aromatic heterocycles. The minimum Gasteiger partial charge on any atom is -0.464 e. The van der Waals surface area contributed by atoms with Gasteiger partial charge in [-0.3, -0.25) is 14.4 Å². The monoisotopic (exact) mass is 381 g/mol. The second kappa shape index (κ2) is 7.51. The Morgan fingerprint density at radius 3 is 2.64 bits per heavy atom. The molecular formula is C20H19N3O5. The van der Waals surface area contributed by atoms with Gasteiger partial charge in [-0.25, -0.2) is 4.79 Å². The number of ether oxygens (including phenoxy) is 1. The van der Waals surface area contributed by atoms with E-state index in [4.69, 9.17) is 0 Å². The maximum atomic E-state index is 12.8. The zero-order valence-electron chi connectivity index (χ0n) is 15.4. The molecule has 2 N–H and O–H groups in total. The summed E-state index contributed by atoms with van der Waals surface area (Å²) < 4.78 is 4.50. The fraction of sp³-hybridized carbons (Fsp3) is 0.200. The number of nitrogens with one attached hydrogen (secondary N) is 2. The second-order valence-electron chi connectivity index (χ2n) is 6.34. The van der Waals surface area contributed by atoms with Crippen molar-refractivity contribution in [2.24, 2.45) is 0 Å². The Hall–Kier alpha value is -3.68. The zero-order valence-corrected chi connectivity index (χ0v) is 15.4. The Kier molecular flexibility index (Phi) is 5.12. The number of pyridine rings is 1. The first-order valence-corrected chi connectivity index (χ1v) is 8.53. The van der Waals surface area contributed by atoms with Gasteiger partial charge in [0, 0.05) is 24.4 Å². The zero-order chi connectivity index (χ0) is 20.4. The van der Waals surface area contributed by atoms with E-state index in [0.717, 1.165) is 11.1 Å². The van der Waals surface area contributed by atoms with Crippen LogP contribution in [0.1, 0.15) is 22.8 Å². The van der Waals surface area contributed by atoms with Gasteiger partial charge in [0.2, 0.25) is 11.5 Å². The Bertz CT molecular complexity index is 1040. The Morgan fingerprint density at radius 1 is 1.25 bits per heavy atom. The van der Waals surface area contributed by atoms with E-state index >= 15 is 0 Å². The van der Waals surface area contributed by atoms with Crippen molar-refractivity contribution in [3.8, 4) is 11.1 Å². The van der Waals surface area contributed by atoms with Crippen LogP contribution in [0.2, 0.25) is 0 Å². The summed E-state index contributed by atoms with van der Waals surface area (Å²) >= 11 is 0. The standard InChI is InChI=1S/C20H19N3O5/c1-11(20(27)28-3)22-18(25)12(2)23-10-16-14(5-4-6-15(16)19(23)26)13-7-8-21-17(24)9-13/h4-9,12H,1,10H2,2-3H3,(H,21,24)(H,22,25). The van der Waals surface area contributed by atoms with Crippen LogP contribution < -0.4 is 10.9 Å². The highest BCUT2D eigenvalue weighted by Gasteiger charge is 2.35. The predicted molar refractivity (Wildman–Crippen MR) is 101 cm³/mol. The Balaban J connectivity index is 1.87. The predicted octanol–water partition coefficient (Wildman–Crippen LogP) is 1.19. The van der Waals surface area contributed by atoms with Crippen LogP contribution in [0.3, 0.4) is 0 Å². The smallest absolute Gasteiger partial charge is 0.353 e. The van der Waals surface area contributed by atoms with Crippen LogP contribution in [0.5, 0.6) is 0 Å². The van der Waals surface area contributed by atoms with Crippen LogP contribution in [-0.2, 0) is 20.9 Å². The van der Waals surface area contributed by atoms with Gasteiger partial charge in [0.25, 0.3) is 5.91 Å². The number of hydrogen-bond acceptors (Lipinski definition) is 5. The van der Waals surface area contributed by atoms with Gasteiger partial charge >= 0.3 is 5.97 Å². The molecule has 0 radical (unpaired) electrons. The van der Waals surface area contributed by atoms with E-state index in [2.05, 4.69) is 21.6 Å². The largest absolute Gasteiger partial charge is 0.464 e. The first-order valence-electron chi connectivity index (χ1n) is 8.53. The lowest BCUT2D eigenvalue weighted by Crippen LogP contribution is -2.45. The summed E-state index contributed by atoms with van der Waals surface area (Å²) in [5.41, 5.74) is 2.21. The molecule has 8 heteroatoms. The lowest BCUT2D eigenvalue weighted by atomic mass is 9.98. The molecule has 144 valence electrons. The van der Waals surface area contributed by atoms with Gasteiger partial charge in [-0.05, 0) is 35.7 Å². The number of methoxy groups -OCH3 is 1. The van der Waals surface area contributed by atoms with Crippen LogP contribution in [-0.4, -0.2) is 40.8 Å². The van der Waals surface area contributed by atoms with E-state index in [-0.39, 0.29) is 23.7 Å². The number of aromatic amines is 1. The number of benzene rings is 1. The third kappa shape index (κ3) is 3.44. The molecule has 28 heavy (non-hydrogen) atoms. The van der Waals surface area contributed by atoms with E-state index in [0.29, 0.717) is 11.1 Å². The maximum Gasteiger partial charge on any atom is 0.353 e. The number of H-pyrrole nitrogens is 1. The molecule has 1 unspecified atom stereocenters. The first kappa shape index (κ1) is 19.1. The molecule has 8 nitrogen and oxygen atoms in total. The average molecular weight is 381 g/mol. The van der Waals surface area contributed by atoms with Crippen LogP contribution in [0, 0.1) is 0 Å². The highest BCUT2D eigenvalue weighted by Crippen LogP contribution is 2.33. The van der Waals surface area contributed by atoms with Crippen molar-refractivity contribution in [3.63, 3.8) is 0 Å². The SMILES string of the molecule is C=C(NC(=O)C(C)N1Cc2c(cccc2-c2cc[nH]c(=O)c2)C1=O)C(=O)OC. The third-order valence-corrected chi connectivity index (χ3v) is 4.63. The number of amides is 2. The van der Waals surface area contributed by atoms with E-state index in [1.165, 1.54) is 18.1 Å². The average Bonchev–Trinajstić information content (AvgIpc) is 3.03. The van der Waals surface area contributed by atoms with E-state index in [1.807, 2.05) is 6.07 Å². The van der Waals surface area contributed by atoms with E-state index in [1.54, 1.807) is 31.3 Å². The number of esters is 1. The number of carbonyl (C=O) groups excluding carboxylic acids is 3. The number of carbonyl (C=O) groups is 3. The summed E-state index contributed by atoms with van der Waals surface area (Å²) in [6.07, 6.45) is 1.54. The van der Waals surface area contributed by atoms with Crippen molar-refractivity contribution in [2.75, 3.05) is 7.11 Å². The molecule has 0 spiro atoms. The molecule has 1 aliphatic rings. The van der Waals surface area contributed by atoms with Crippen molar-refractivity contribution in [2.45, 2.75) is 19.5 Å². The van der Waals surface area contributed by atoms with Crippen LogP contribution in [0.4, 0.5) is 0 Å². The van der Waals surface area contributed by atoms with Gasteiger partial charge in [0.05, 0.1) is 7.11 Å². The van der Waals surface area contributed by atoms with Gasteiger partial charge in [-0.1, -0.05) is 18.7 Å². The number of fused-ring (bicyclic) bond motifs is 1. The summed E-state index contributed by atoms with van der Waals surface area (Å²) in [4.78, 5) is 52.3. The van der Waals surface area contributed by atoms with Crippen molar-refractivity contribution < 1.29 is 19.1 Å². The molecule has 1 aromatic carbocycles. The van der Waals surface area contributed by atoms with E-state index < -0.39 is 17.9 Å². The fourth-order valence-corrected chi connectivity index (χ4v) is 3.12. The molecule has 2 aromatic rings. The highest BCUT2D eigenvalue weighted by molar-refractivity contribution is 6.03. The number of nitrogens with zero attached hydrogens (tertiary/aromatic N) is 1. The molecule has 0 saturated heterocycles. The minimum absolute atomic E-state index is 0.201. The molecule has 2 heterocycles. The lowest BCUT2D eigenvalue weighted by molar-refractivity contribution is -0.138. The number of hydrogen-bond donors (Lipinski definition) is 2. The molecule has 0 bridgehead atoms. The number of aromatic nitrogens is 1. The van der Waals surface area contributed by atoms with Gasteiger partial charge in [-0.15, -0.1) is 0 Å². The normalized spacial score (nSPS) is 13.6. The summed E-state index contributed by atoms with van der Waals surface area (Å²) in [6.45, 7) is 5.22. The van der Waals surface area contributed by atoms with Gasteiger partial charge in [-0.2, -0.15) is 0 Å². The molecule has 0 fully saturated rings. The van der Waals surface area contributed by atoms with Crippen molar-refractivity contribution >= 4 is 17.8 Å².